The van der Waals surface area contributed by atoms with Crippen LogP contribution in [0, 0.1) is 29.4 Å². The van der Waals surface area contributed by atoms with E-state index in [-0.39, 0.29) is 28.7 Å². The number of nitrogens with zero attached hydrogens (tertiary/aromatic N) is 5. The van der Waals surface area contributed by atoms with Crippen molar-refractivity contribution in [2.24, 2.45) is 5.92 Å². The maximum atomic E-state index is 15.3. The SMILES string of the molecule is CN1CCC(CC#Cc2c(Oc3ccc(NC(=O)c4cn(CC(=O)N(C)C)c(=O)n(-c5ccc(F)cc5)c4=O)cc3F)ccnc2N)CC1. The van der Waals surface area contributed by atoms with E-state index in [1.54, 1.807) is 0 Å². The molecule has 254 valence electrons. The van der Waals surface area contributed by atoms with Gasteiger partial charge in [-0.2, -0.15) is 0 Å². The van der Waals surface area contributed by atoms with E-state index in [1.807, 2.05) is 0 Å². The van der Waals surface area contributed by atoms with Gasteiger partial charge in [0.1, 0.15) is 35.1 Å². The third kappa shape index (κ3) is 8.20. The molecule has 0 atom stereocenters. The molecule has 0 unspecified atom stereocenters. The number of anilines is 2. The number of hydrogen-bond donors (Lipinski definition) is 2. The van der Waals surface area contributed by atoms with Crippen molar-refractivity contribution in [2.45, 2.75) is 25.8 Å². The van der Waals surface area contributed by atoms with Crippen molar-refractivity contribution in [1.29, 1.82) is 0 Å². The molecule has 49 heavy (non-hydrogen) atoms. The van der Waals surface area contributed by atoms with Crippen molar-refractivity contribution in [3.63, 3.8) is 0 Å². The van der Waals surface area contributed by atoms with Crippen LogP contribution in [0.4, 0.5) is 20.3 Å². The number of pyridine rings is 1. The zero-order chi connectivity index (χ0) is 35.2. The molecule has 1 aliphatic rings. The molecule has 0 bridgehead atoms. The summed E-state index contributed by atoms with van der Waals surface area (Å²) < 4.78 is 36.3. The van der Waals surface area contributed by atoms with Crippen molar-refractivity contribution in [1.82, 2.24) is 23.9 Å². The van der Waals surface area contributed by atoms with E-state index in [1.165, 1.54) is 55.5 Å². The number of nitrogens with one attached hydrogen (secondary N) is 1. The number of hydrogen-bond acceptors (Lipinski definition) is 8. The second kappa shape index (κ2) is 15.0. The molecule has 4 aromatic rings. The molecule has 12 nitrogen and oxygen atoms in total. The number of halogens is 2. The lowest BCUT2D eigenvalue weighted by Gasteiger charge is -2.27. The monoisotopic (exact) mass is 671 g/mol. The van der Waals surface area contributed by atoms with Crippen molar-refractivity contribution in [3.05, 3.63) is 105 Å². The van der Waals surface area contributed by atoms with Gasteiger partial charge in [-0.25, -0.2) is 23.1 Å². The van der Waals surface area contributed by atoms with E-state index < -0.39 is 46.8 Å². The normalized spacial score (nSPS) is 13.3. The maximum absolute atomic E-state index is 15.3. The molecule has 0 radical (unpaired) electrons. The largest absolute Gasteiger partial charge is 0.453 e. The number of carbonyl (C=O) groups is 2. The van der Waals surface area contributed by atoms with Gasteiger partial charge in [0.2, 0.25) is 5.91 Å². The van der Waals surface area contributed by atoms with Gasteiger partial charge in [0.25, 0.3) is 11.5 Å². The molecule has 0 spiro atoms. The van der Waals surface area contributed by atoms with Crippen LogP contribution in [0.15, 0.2) is 70.5 Å². The van der Waals surface area contributed by atoms with Gasteiger partial charge in [0, 0.05) is 50.7 Å². The fourth-order valence-electron chi connectivity index (χ4n) is 5.17. The van der Waals surface area contributed by atoms with Crippen molar-refractivity contribution in [3.8, 4) is 29.0 Å². The van der Waals surface area contributed by atoms with Crippen LogP contribution in [0.3, 0.4) is 0 Å². The highest BCUT2D eigenvalue weighted by molar-refractivity contribution is 6.04. The zero-order valence-corrected chi connectivity index (χ0v) is 27.2. The minimum atomic E-state index is -1.03. The molecular formula is C35H35F2N7O5. The number of aromatic nitrogens is 3. The summed E-state index contributed by atoms with van der Waals surface area (Å²) in [5, 5.41) is 2.45. The summed E-state index contributed by atoms with van der Waals surface area (Å²) in [5.41, 5.74) is 3.90. The predicted octanol–water partition coefficient (Wildman–Crippen LogP) is 3.47. The van der Waals surface area contributed by atoms with Crippen LogP contribution in [-0.4, -0.2) is 70.0 Å². The van der Waals surface area contributed by atoms with Gasteiger partial charge in [-0.15, -0.1) is 0 Å². The molecule has 1 fully saturated rings. The first kappa shape index (κ1) is 34.5. The average Bonchev–Trinajstić information content (AvgIpc) is 3.06. The van der Waals surface area contributed by atoms with Crippen LogP contribution >= 0.6 is 0 Å². The van der Waals surface area contributed by atoms with Crippen LogP contribution in [0.5, 0.6) is 11.5 Å². The predicted molar refractivity (Wildman–Crippen MR) is 180 cm³/mol. The average molecular weight is 672 g/mol. The van der Waals surface area contributed by atoms with Crippen LogP contribution in [0.2, 0.25) is 0 Å². The lowest BCUT2D eigenvalue weighted by Crippen LogP contribution is -2.44. The number of benzene rings is 2. The Morgan fingerprint density at radius 3 is 2.45 bits per heavy atom. The third-order valence-corrected chi connectivity index (χ3v) is 8.08. The number of likely N-dealkylation sites (tertiary alicyclic amines) is 1. The first-order valence-electron chi connectivity index (χ1n) is 15.4. The van der Waals surface area contributed by atoms with Crippen LogP contribution in [0.1, 0.15) is 35.2 Å². The van der Waals surface area contributed by atoms with Crippen molar-refractivity contribution >= 4 is 23.3 Å². The lowest BCUT2D eigenvalue weighted by molar-refractivity contribution is -0.129. The van der Waals surface area contributed by atoms with Gasteiger partial charge in [-0.1, -0.05) is 11.8 Å². The molecule has 2 aromatic heterocycles. The van der Waals surface area contributed by atoms with Crippen LogP contribution in [0.25, 0.3) is 5.69 Å². The number of piperidine rings is 1. The summed E-state index contributed by atoms with van der Waals surface area (Å²) in [7, 11) is 5.05. The number of carbonyl (C=O) groups excluding carboxylic acids is 2. The standard InChI is InChI=1S/C35H35F2N7O5/c1-41(2)31(45)21-43-20-27(34(47)44(35(43)48)25-10-7-23(36)8-11-25)33(46)40-24-9-12-30(28(37)19-24)49-29-13-16-39-32(38)26(29)6-4-5-22-14-17-42(3)18-15-22/h7-13,16,19-20,22H,5,14-15,17-18,21H2,1-3H3,(H2,38,39)(H,40,46). The molecule has 14 heteroatoms. The minimum Gasteiger partial charge on any atom is -0.453 e. The molecule has 1 saturated heterocycles. The summed E-state index contributed by atoms with van der Waals surface area (Å²) >= 11 is 0. The first-order chi connectivity index (χ1) is 23.4. The van der Waals surface area contributed by atoms with E-state index in [0.717, 1.165) is 54.9 Å². The molecule has 2 amide bonds. The molecule has 0 aliphatic carbocycles. The lowest BCUT2D eigenvalue weighted by atomic mass is 9.94. The molecule has 0 saturated carbocycles. The van der Waals surface area contributed by atoms with Gasteiger partial charge in [0.05, 0.1) is 5.69 Å². The number of nitrogens with two attached hydrogens (primary N) is 1. The minimum absolute atomic E-state index is 0.0210. The molecule has 3 heterocycles. The van der Waals surface area contributed by atoms with Gasteiger partial charge < -0.3 is 25.6 Å². The second-order valence-corrected chi connectivity index (χ2v) is 11.9. The highest BCUT2D eigenvalue weighted by Crippen LogP contribution is 2.31. The quantitative estimate of drug-likeness (QED) is 0.271. The van der Waals surface area contributed by atoms with E-state index in [0.29, 0.717) is 22.5 Å². The number of amides is 2. The smallest absolute Gasteiger partial charge is 0.336 e. The first-order valence-corrected chi connectivity index (χ1v) is 15.4. The van der Waals surface area contributed by atoms with E-state index >= 15 is 4.39 Å². The molecule has 5 rings (SSSR count). The molecule has 2 aromatic carbocycles. The Morgan fingerprint density at radius 1 is 1.06 bits per heavy atom. The number of likely N-dealkylation sites (N-methyl/N-ethyl adjacent to an activating group) is 1. The third-order valence-electron chi connectivity index (χ3n) is 8.08. The summed E-state index contributed by atoms with van der Waals surface area (Å²) in [6.45, 7) is 1.55. The molecule has 3 N–H and O–H groups in total. The van der Waals surface area contributed by atoms with Gasteiger partial charge >= 0.3 is 5.69 Å². The van der Waals surface area contributed by atoms with Crippen LogP contribution < -0.4 is 27.0 Å². The highest BCUT2D eigenvalue weighted by atomic mass is 19.1. The summed E-state index contributed by atoms with van der Waals surface area (Å²) in [4.78, 5) is 60.1. The van der Waals surface area contributed by atoms with Gasteiger partial charge in [-0.3, -0.25) is 19.0 Å². The van der Waals surface area contributed by atoms with Gasteiger partial charge in [0.15, 0.2) is 11.6 Å². The number of rotatable bonds is 8. The van der Waals surface area contributed by atoms with Crippen molar-refractivity contribution < 1.29 is 23.1 Å². The van der Waals surface area contributed by atoms with Crippen molar-refractivity contribution in [2.75, 3.05) is 45.3 Å². The van der Waals surface area contributed by atoms with E-state index in [2.05, 4.69) is 34.1 Å². The molecular weight excluding hydrogens is 636 g/mol. The fraction of sp³-hybridized carbons (Fsp3) is 0.286. The van der Waals surface area contributed by atoms with E-state index in [4.69, 9.17) is 10.5 Å². The highest BCUT2D eigenvalue weighted by Gasteiger charge is 2.21. The van der Waals surface area contributed by atoms with E-state index in [9.17, 15) is 23.6 Å². The number of ether oxygens (including phenoxy) is 1. The van der Waals surface area contributed by atoms with Gasteiger partial charge in [-0.05, 0) is 75.3 Å². The Bertz CT molecular complexity index is 2060. The van der Waals surface area contributed by atoms with Crippen LogP contribution in [-0.2, 0) is 11.3 Å². The molecule has 1 aliphatic heterocycles. The summed E-state index contributed by atoms with van der Waals surface area (Å²) in [6, 6.07) is 9.62. The Morgan fingerprint density at radius 2 is 1.78 bits per heavy atom. The Kier molecular flexibility index (Phi) is 10.5. The Labute approximate surface area is 280 Å². The number of nitrogen functional groups attached to an aromatic ring is 1. The second-order valence-electron chi connectivity index (χ2n) is 11.9. The fourth-order valence-corrected chi connectivity index (χ4v) is 5.17. The summed E-state index contributed by atoms with van der Waals surface area (Å²) in [5.74, 6) is 3.90. The summed E-state index contributed by atoms with van der Waals surface area (Å²) in [6.07, 6.45) is 5.16. The topological polar surface area (TPSA) is 145 Å². The zero-order valence-electron chi connectivity index (χ0n) is 27.2. The Hall–Kier alpha value is -5.81. The Balaban J connectivity index is 1.38. The maximum Gasteiger partial charge on any atom is 0.336 e.